The Labute approximate surface area is 103 Å². The van der Waals surface area contributed by atoms with Gasteiger partial charge in [-0.25, -0.2) is 0 Å². The minimum Gasteiger partial charge on any atom is -0.388 e. The Hall–Kier alpha value is -0.860. The highest BCUT2D eigenvalue weighted by molar-refractivity contribution is 5.36. The Balaban J connectivity index is 1.87. The molecule has 3 rings (SSSR count). The third-order valence-corrected chi connectivity index (χ3v) is 4.61. The van der Waals surface area contributed by atoms with Crippen LogP contribution < -0.4 is 5.32 Å². The molecule has 0 spiro atoms. The second-order valence-corrected chi connectivity index (χ2v) is 5.63. The molecule has 3 unspecified atom stereocenters. The van der Waals surface area contributed by atoms with Crippen LogP contribution in [-0.4, -0.2) is 10.7 Å². The quantitative estimate of drug-likeness (QED) is 0.820. The fourth-order valence-corrected chi connectivity index (χ4v) is 3.55. The first-order valence-electron chi connectivity index (χ1n) is 6.76. The lowest BCUT2D eigenvalue weighted by molar-refractivity contribution is 0.00646. The summed E-state index contributed by atoms with van der Waals surface area (Å²) in [6.07, 6.45) is 4.26. The van der Waals surface area contributed by atoms with E-state index in [1.165, 1.54) is 24.0 Å². The molecular formula is C15H21NO. The lowest BCUT2D eigenvalue weighted by Gasteiger charge is -2.31. The Morgan fingerprint density at radius 1 is 1.41 bits per heavy atom. The maximum absolute atomic E-state index is 10.9. The molecule has 0 aromatic heterocycles. The van der Waals surface area contributed by atoms with E-state index < -0.39 is 5.60 Å². The van der Waals surface area contributed by atoms with Gasteiger partial charge in [0, 0.05) is 6.54 Å². The second-order valence-electron chi connectivity index (χ2n) is 5.63. The smallest absolute Gasteiger partial charge is 0.0844 e. The molecule has 2 nitrogen and oxygen atoms in total. The molecule has 1 aromatic carbocycles. The van der Waals surface area contributed by atoms with Crippen LogP contribution in [0.15, 0.2) is 24.3 Å². The van der Waals surface area contributed by atoms with Gasteiger partial charge in [-0.1, -0.05) is 37.6 Å². The number of benzene rings is 1. The van der Waals surface area contributed by atoms with Crippen LogP contribution in [0.1, 0.15) is 49.8 Å². The first kappa shape index (κ1) is 11.2. The summed E-state index contributed by atoms with van der Waals surface area (Å²) in [5.41, 5.74) is 2.14. The zero-order chi connectivity index (χ0) is 11.9. The van der Waals surface area contributed by atoms with Crippen molar-refractivity contribution >= 4 is 0 Å². The third kappa shape index (κ3) is 1.80. The molecule has 0 radical (unpaired) electrons. The maximum Gasteiger partial charge on any atom is 0.0844 e. The van der Waals surface area contributed by atoms with Crippen LogP contribution in [0.2, 0.25) is 0 Å². The van der Waals surface area contributed by atoms with Crippen molar-refractivity contribution in [2.24, 2.45) is 5.92 Å². The van der Waals surface area contributed by atoms with Gasteiger partial charge in [0.2, 0.25) is 0 Å². The maximum atomic E-state index is 10.9. The fraction of sp³-hybridized carbons (Fsp3) is 0.600. The molecule has 1 aliphatic carbocycles. The summed E-state index contributed by atoms with van der Waals surface area (Å²) in [4.78, 5) is 0. The van der Waals surface area contributed by atoms with E-state index in [0.717, 1.165) is 19.4 Å². The average Bonchev–Trinajstić information content (AvgIpc) is 2.93. The highest BCUT2D eigenvalue weighted by atomic mass is 16.3. The van der Waals surface area contributed by atoms with E-state index in [1.54, 1.807) is 0 Å². The van der Waals surface area contributed by atoms with E-state index >= 15 is 0 Å². The van der Waals surface area contributed by atoms with Crippen molar-refractivity contribution in [3.05, 3.63) is 35.4 Å². The van der Waals surface area contributed by atoms with Crippen LogP contribution in [0.4, 0.5) is 0 Å². The summed E-state index contributed by atoms with van der Waals surface area (Å²) in [6.45, 7) is 3.13. The van der Waals surface area contributed by atoms with Crippen molar-refractivity contribution in [2.45, 2.75) is 50.8 Å². The molecule has 0 saturated heterocycles. The molecule has 17 heavy (non-hydrogen) atoms. The summed E-state index contributed by atoms with van der Waals surface area (Å²) >= 11 is 0. The first-order valence-corrected chi connectivity index (χ1v) is 6.76. The summed E-state index contributed by atoms with van der Waals surface area (Å²) < 4.78 is 0. The highest BCUT2D eigenvalue weighted by Crippen LogP contribution is 2.46. The van der Waals surface area contributed by atoms with Crippen molar-refractivity contribution < 1.29 is 5.11 Å². The Kier molecular flexibility index (Phi) is 2.72. The number of aliphatic hydroxyl groups is 1. The zero-order valence-electron chi connectivity index (χ0n) is 10.4. The molecular weight excluding hydrogens is 210 g/mol. The van der Waals surface area contributed by atoms with Gasteiger partial charge in [0.05, 0.1) is 11.6 Å². The Bertz CT molecular complexity index is 417. The van der Waals surface area contributed by atoms with Crippen LogP contribution in [0.3, 0.4) is 0 Å². The molecule has 1 heterocycles. The summed E-state index contributed by atoms with van der Waals surface area (Å²) in [5.74, 6) is 0.703. The monoisotopic (exact) mass is 231 g/mol. The van der Waals surface area contributed by atoms with E-state index in [4.69, 9.17) is 0 Å². The number of rotatable bonds is 2. The van der Waals surface area contributed by atoms with Crippen molar-refractivity contribution in [1.82, 2.24) is 5.32 Å². The normalized spacial score (nSPS) is 36.1. The van der Waals surface area contributed by atoms with Gasteiger partial charge in [-0.3, -0.25) is 0 Å². The average molecular weight is 231 g/mol. The summed E-state index contributed by atoms with van der Waals surface area (Å²) in [6, 6.07) is 8.63. The highest BCUT2D eigenvalue weighted by Gasteiger charge is 2.45. The molecule has 2 heteroatoms. The topological polar surface area (TPSA) is 32.3 Å². The Morgan fingerprint density at radius 2 is 2.24 bits per heavy atom. The first-order chi connectivity index (χ1) is 8.23. The Morgan fingerprint density at radius 3 is 3.00 bits per heavy atom. The standard InChI is InChI=1S/C15H21NO/c1-2-11-7-8-15(17,9-11)14-13-6-4-3-5-12(13)10-16-14/h3-6,11,14,16-17H,2,7-10H2,1H3. The van der Waals surface area contributed by atoms with Crippen molar-refractivity contribution in [1.29, 1.82) is 0 Å². The fourth-order valence-electron chi connectivity index (χ4n) is 3.55. The lowest BCUT2D eigenvalue weighted by Crippen LogP contribution is -2.38. The minimum atomic E-state index is -0.521. The molecule has 1 saturated carbocycles. The van der Waals surface area contributed by atoms with Gasteiger partial charge in [0.25, 0.3) is 0 Å². The number of hydrogen-bond donors (Lipinski definition) is 2. The van der Waals surface area contributed by atoms with Crippen molar-refractivity contribution in [3.63, 3.8) is 0 Å². The largest absolute Gasteiger partial charge is 0.388 e. The second kappa shape index (κ2) is 4.11. The van der Waals surface area contributed by atoms with Crippen molar-refractivity contribution in [3.8, 4) is 0 Å². The molecule has 92 valence electrons. The van der Waals surface area contributed by atoms with Gasteiger partial charge < -0.3 is 10.4 Å². The van der Waals surface area contributed by atoms with Gasteiger partial charge in [-0.2, -0.15) is 0 Å². The number of fused-ring (bicyclic) bond motifs is 1. The van der Waals surface area contributed by atoms with Gasteiger partial charge >= 0.3 is 0 Å². The molecule has 3 atom stereocenters. The van der Waals surface area contributed by atoms with Crippen LogP contribution in [0.25, 0.3) is 0 Å². The predicted molar refractivity (Wildman–Crippen MR) is 68.6 cm³/mol. The van der Waals surface area contributed by atoms with Crippen LogP contribution in [-0.2, 0) is 6.54 Å². The number of hydrogen-bond acceptors (Lipinski definition) is 2. The molecule has 0 amide bonds. The lowest BCUT2D eigenvalue weighted by atomic mass is 9.86. The molecule has 1 aliphatic heterocycles. The van der Waals surface area contributed by atoms with Crippen molar-refractivity contribution in [2.75, 3.05) is 0 Å². The molecule has 2 aliphatic rings. The summed E-state index contributed by atoms with van der Waals surface area (Å²) in [7, 11) is 0. The SMILES string of the molecule is CCC1CCC(O)(C2NCc3ccccc32)C1. The van der Waals surface area contributed by atoms with Crippen LogP contribution in [0.5, 0.6) is 0 Å². The molecule has 1 aromatic rings. The molecule has 1 fully saturated rings. The third-order valence-electron chi connectivity index (χ3n) is 4.61. The van der Waals surface area contributed by atoms with E-state index in [2.05, 4.69) is 36.5 Å². The van der Waals surface area contributed by atoms with E-state index in [-0.39, 0.29) is 6.04 Å². The molecule has 2 N–H and O–H groups in total. The zero-order valence-corrected chi connectivity index (χ0v) is 10.4. The van der Waals surface area contributed by atoms with Gasteiger partial charge in [-0.15, -0.1) is 0 Å². The summed E-state index contributed by atoms with van der Waals surface area (Å²) in [5, 5.41) is 14.4. The number of nitrogens with one attached hydrogen (secondary N) is 1. The molecule has 0 bridgehead atoms. The van der Waals surface area contributed by atoms with Gasteiger partial charge in [0.15, 0.2) is 0 Å². The van der Waals surface area contributed by atoms with Crippen LogP contribution >= 0.6 is 0 Å². The predicted octanol–water partition coefficient (Wildman–Crippen LogP) is 2.77. The van der Waals surface area contributed by atoms with E-state index in [0.29, 0.717) is 5.92 Å². The minimum absolute atomic E-state index is 0.148. The van der Waals surface area contributed by atoms with E-state index in [1.807, 2.05) is 0 Å². The van der Waals surface area contributed by atoms with Gasteiger partial charge in [-0.05, 0) is 36.3 Å². The van der Waals surface area contributed by atoms with Gasteiger partial charge in [0.1, 0.15) is 0 Å². The van der Waals surface area contributed by atoms with E-state index in [9.17, 15) is 5.11 Å². The van der Waals surface area contributed by atoms with Crippen LogP contribution in [0, 0.1) is 5.92 Å².